The summed E-state index contributed by atoms with van der Waals surface area (Å²) in [6, 6.07) is 0. The van der Waals surface area contributed by atoms with Crippen LogP contribution in [-0.4, -0.2) is 13.0 Å². The van der Waals surface area contributed by atoms with E-state index in [2.05, 4.69) is 4.99 Å². The van der Waals surface area contributed by atoms with E-state index in [1.807, 2.05) is 0 Å². The normalized spacial score (nSPS) is 15.3. The summed E-state index contributed by atoms with van der Waals surface area (Å²) in [5.41, 5.74) is 6.26. The quantitative estimate of drug-likeness (QED) is 0.455. The van der Waals surface area contributed by atoms with Crippen LogP contribution in [0.1, 0.15) is 13.8 Å². The molecule has 0 aliphatic heterocycles. The third-order valence-electron chi connectivity index (χ3n) is 1.14. The minimum absolute atomic E-state index is 0.366. The molecule has 0 rings (SSSR count). The van der Waals surface area contributed by atoms with Crippen molar-refractivity contribution >= 4 is 5.97 Å². The number of rotatable bonds is 1. The summed E-state index contributed by atoms with van der Waals surface area (Å²) in [6.07, 6.45) is 0. The summed E-state index contributed by atoms with van der Waals surface area (Å²) in [7, 11) is 1.52. The fourth-order valence-corrected chi connectivity index (χ4v) is 0.361. The fraction of sp³-hybridized carbons (Fsp3) is 0.500. The number of allylic oxidation sites excluding steroid dienone is 2. The number of hydrogen-bond acceptors (Lipinski definition) is 1. The SMILES string of the molecule is C[NH+]=C(F)C(C)=C(C)N. The van der Waals surface area contributed by atoms with Gasteiger partial charge in [0.25, 0.3) is 0 Å². The molecular weight excluding hydrogens is 119 g/mol. The van der Waals surface area contributed by atoms with E-state index in [0.717, 1.165) is 0 Å². The van der Waals surface area contributed by atoms with Crippen molar-refractivity contribution in [1.82, 2.24) is 0 Å². The van der Waals surface area contributed by atoms with Gasteiger partial charge in [0.15, 0.2) is 0 Å². The second-order valence-corrected chi connectivity index (χ2v) is 1.87. The van der Waals surface area contributed by atoms with Gasteiger partial charge in [-0.3, -0.25) is 0 Å². The second kappa shape index (κ2) is 3.22. The van der Waals surface area contributed by atoms with Gasteiger partial charge in [0.2, 0.25) is 0 Å². The van der Waals surface area contributed by atoms with E-state index in [0.29, 0.717) is 11.3 Å². The Bertz CT molecular complexity index is 154. The third kappa shape index (κ3) is 2.26. The summed E-state index contributed by atoms with van der Waals surface area (Å²) in [5.74, 6) is -0.366. The maximum absolute atomic E-state index is 12.4. The van der Waals surface area contributed by atoms with Gasteiger partial charge in [0.1, 0.15) is 7.05 Å². The summed E-state index contributed by atoms with van der Waals surface area (Å²) < 4.78 is 12.4. The average molecular weight is 131 g/mol. The molecule has 0 aromatic rings. The molecule has 2 nitrogen and oxygen atoms in total. The number of nitrogens with one attached hydrogen (secondary N) is 1. The van der Waals surface area contributed by atoms with Gasteiger partial charge < -0.3 is 5.73 Å². The van der Waals surface area contributed by atoms with Crippen LogP contribution < -0.4 is 10.7 Å². The summed E-state index contributed by atoms with van der Waals surface area (Å²) >= 11 is 0. The molecule has 0 fully saturated rings. The molecular formula is C6H12FN2+. The molecule has 3 N–H and O–H groups in total. The molecule has 0 aromatic heterocycles. The van der Waals surface area contributed by atoms with Crippen molar-refractivity contribution in [2.45, 2.75) is 13.8 Å². The zero-order chi connectivity index (χ0) is 7.44. The Balaban J connectivity index is 4.40. The molecule has 0 bridgehead atoms. The van der Waals surface area contributed by atoms with Gasteiger partial charge in [0, 0.05) is 5.70 Å². The lowest BCUT2D eigenvalue weighted by Crippen LogP contribution is -2.67. The van der Waals surface area contributed by atoms with E-state index in [1.165, 1.54) is 7.05 Å². The molecule has 0 atom stereocenters. The molecule has 0 aliphatic carbocycles. The Hall–Kier alpha value is -0.860. The lowest BCUT2D eigenvalue weighted by molar-refractivity contribution is -0.426. The first kappa shape index (κ1) is 8.14. The fourth-order valence-electron chi connectivity index (χ4n) is 0.361. The van der Waals surface area contributed by atoms with Gasteiger partial charge in [0.05, 0.1) is 5.57 Å². The van der Waals surface area contributed by atoms with Crippen LogP contribution in [0, 0.1) is 0 Å². The molecule has 0 aliphatic rings. The van der Waals surface area contributed by atoms with E-state index in [9.17, 15) is 4.39 Å². The van der Waals surface area contributed by atoms with Crippen molar-refractivity contribution in [3.05, 3.63) is 11.3 Å². The van der Waals surface area contributed by atoms with E-state index in [1.54, 1.807) is 13.8 Å². The van der Waals surface area contributed by atoms with Crippen molar-refractivity contribution < 1.29 is 9.38 Å². The number of hydrogen-bond donors (Lipinski definition) is 2. The first-order valence-electron chi connectivity index (χ1n) is 2.73. The predicted octanol–water partition coefficient (Wildman–Crippen LogP) is -0.683. The second-order valence-electron chi connectivity index (χ2n) is 1.87. The summed E-state index contributed by atoms with van der Waals surface area (Å²) in [6.45, 7) is 3.29. The van der Waals surface area contributed by atoms with Crippen LogP contribution in [0.5, 0.6) is 0 Å². The molecule has 0 spiro atoms. The Morgan fingerprint density at radius 2 is 1.89 bits per heavy atom. The molecule has 0 heterocycles. The minimum atomic E-state index is -0.366. The largest absolute Gasteiger partial charge is 0.402 e. The third-order valence-corrected chi connectivity index (χ3v) is 1.14. The molecule has 52 valence electrons. The topological polar surface area (TPSA) is 40.0 Å². The van der Waals surface area contributed by atoms with E-state index in [-0.39, 0.29) is 5.97 Å². The van der Waals surface area contributed by atoms with Gasteiger partial charge >= 0.3 is 5.97 Å². The lowest BCUT2D eigenvalue weighted by Gasteiger charge is -1.91. The van der Waals surface area contributed by atoms with Crippen LogP contribution in [0.2, 0.25) is 0 Å². The van der Waals surface area contributed by atoms with Crippen LogP contribution in [-0.2, 0) is 0 Å². The molecule has 0 amide bonds. The maximum atomic E-state index is 12.4. The van der Waals surface area contributed by atoms with E-state index >= 15 is 0 Å². The Kier molecular flexibility index (Phi) is 2.91. The molecule has 3 heteroatoms. The van der Waals surface area contributed by atoms with Gasteiger partial charge in [-0.1, -0.05) is 0 Å². The maximum Gasteiger partial charge on any atom is 0.357 e. The van der Waals surface area contributed by atoms with Crippen LogP contribution in [0.3, 0.4) is 0 Å². The van der Waals surface area contributed by atoms with Crippen molar-refractivity contribution in [2.75, 3.05) is 7.05 Å². The van der Waals surface area contributed by atoms with E-state index < -0.39 is 0 Å². The molecule has 0 aromatic carbocycles. The van der Waals surface area contributed by atoms with Crippen molar-refractivity contribution in [3.63, 3.8) is 0 Å². The Morgan fingerprint density at radius 1 is 1.44 bits per heavy atom. The van der Waals surface area contributed by atoms with Crippen LogP contribution in [0.4, 0.5) is 4.39 Å². The smallest absolute Gasteiger partial charge is 0.357 e. The highest BCUT2D eigenvalue weighted by Crippen LogP contribution is 1.96. The van der Waals surface area contributed by atoms with Gasteiger partial charge in [-0.25, -0.2) is 4.99 Å². The Morgan fingerprint density at radius 3 is 2.00 bits per heavy atom. The van der Waals surface area contributed by atoms with Crippen molar-refractivity contribution in [1.29, 1.82) is 0 Å². The van der Waals surface area contributed by atoms with Gasteiger partial charge in [-0.2, -0.15) is 0 Å². The van der Waals surface area contributed by atoms with Gasteiger partial charge in [-0.05, 0) is 13.8 Å². The molecule has 0 radical (unpaired) electrons. The zero-order valence-corrected chi connectivity index (χ0v) is 5.96. The predicted molar refractivity (Wildman–Crippen MR) is 35.6 cm³/mol. The monoisotopic (exact) mass is 131 g/mol. The van der Waals surface area contributed by atoms with Crippen molar-refractivity contribution in [2.24, 2.45) is 5.73 Å². The van der Waals surface area contributed by atoms with Gasteiger partial charge in [-0.15, -0.1) is 4.39 Å². The Labute approximate surface area is 54.3 Å². The van der Waals surface area contributed by atoms with Crippen LogP contribution in [0.15, 0.2) is 11.3 Å². The van der Waals surface area contributed by atoms with Crippen LogP contribution in [0.25, 0.3) is 0 Å². The lowest BCUT2D eigenvalue weighted by atomic mass is 10.2. The highest BCUT2D eigenvalue weighted by molar-refractivity contribution is 5.87. The van der Waals surface area contributed by atoms with Crippen LogP contribution >= 0.6 is 0 Å². The average Bonchev–Trinajstić information content (AvgIpc) is 1.84. The summed E-state index contributed by atoms with van der Waals surface area (Å²) in [5, 5.41) is 0. The summed E-state index contributed by atoms with van der Waals surface area (Å²) in [4.78, 5) is 2.36. The number of nitrogens with two attached hydrogens (primary N) is 1. The van der Waals surface area contributed by atoms with Crippen molar-refractivity contribution in [3.8, 4) is 0 Å². The molecule has 0 saturated carbocycles. The highest BCUT2D eigenvalue weighted by atomic mass is 19.1. The first-order valence-corrected chi connectivity index (χ1v) is 2.73. The molecule has 0 unspecified atom stereocenters. The first-order chi connectivity index (χ1) is 4.09. The molecule has 0 saturated heterocycles. The van der Waals surface area contributed by atoms with E-state index in [4.69, 9.17) is 5.73 Å². The molecule has 9 heavy (non-hydrogen) atoms. The standard InChI is InChI=1S/C6H11FN2/c1-4(5(2)8)6(7)9-3/h8H2,1-3H3/p+1. The highest BCUT2D eigenvalue weighted by Gasteiger charge is 2.05. The zero-order valence-electron chi connectivity index (χ0n) is 5.96. The minimum Gasteiger partial charge on any atom is -0.402 e. The number of halogens is 1.